The van der Waals surface area contributed by atoms with Crippen molar-refractivity contribution in [3.05, 3.63) is 71.9 Å². The van der Waals surface area contributed by atoms with E-state index in [1.807, 2.05) is 30.3 Å². The van der Waals surface area contributed by atoms with Crippen molar-refractivity contribution in [2.45, 2.75) is 6.54 Å². The molecule has 3 aromatic rings. The Bertz CT molecular complexity index is 739. The van der Waals surface area contributed by atoms with Crippen LogP contribution in [0.1, 0.15) is 5.56 Å². The molecule has 0 amide bonds. The largest absolute Gasteiger partial charge is 0.381 e. The third-order valence-electron chi connectivity index (χ3n) is 3.19. The predicted octanol–water partition coefficient (Wildman–Crippen LogP) is 3.97. The number of rotatable bonds is 4. The Kier molecular flexibility index (Phi) is 3.64. The molecule has 0 aliphatic rings. The fourth-order valence-corrected chi connectivity index (χ4v) is 2.10. The number of anilines is 1. The molecule has 2 aromatic carbocycles. The van der Waals surface area contributed by atoms with E-state index in [0.29, 0.717) is 5.56 Å². The highest BCUT2D eigenvalue weighted by molar-refractivity contribution is 5.64. The highest BCUT2D eigenvalue weighted by atomic mass is 19.2. The van der Waals surface area contributed by atoms with Gasteiger partial charge in [0.2, 0.25) is 0 Å². The molecule has 0 aliphatic heterocycles. The van der Waals surface area contributed by atoms with Gasteiger partial charge in [0.1, 0.15) is 0 Å². The van der Waals surface area contributed by atoms with Gasteiger partial charge in [-0.1, -0.05) is 24.3 Å². The van der Waals surface area contributed by atoms with Gasteiger partial charge in [0.25, 0.3) is 0 Å². The highest BCUT2D eigenvalue weighted by Crippen LogP contribution is 2.21. The van der Waals surface area contributed by atoms with Crippen molar-refractivity contribution >= 4 is 5.69 Å². The van der Waals surface area contributed by atoms with Crippen LogP contribution < -0.4 is 5.32 Å². The molecule has 2 N–H and O–H groups in total. The van der Waals surface area contributed by atoms with E-state index in [0.717, 1.165) is 23.0 Å². The molecule has 5 heteroatoms. The maximum Gasteiger partial charge on any atom is 0.163 e. The maximum absolute atomic E-state index is 13.6. The second-order valence-corrected chi connectivity index (χ2v) is 4.62. The smallest absolute Gasteiger partial charge is 0.163 e. The van der Waals surface area contributed by atoms with Crippen LogP contribution in [-0.2, 0) is 6.54 Å². The first-order valence-corrected chi connectivity index (χ1v) is 6.50. The van der Waals surface area contributed by atoms with Crippen LogP contribution in [0.15, 0.2) is 54.7 Å². The molecular weight excluding hydrogens is 272 g/mol. The molecule has 3 rings (SSSR count). The van der Waals surface area contributed by atoms with Crippen molar-refractivity contribution in [3.63, 3.8) is 0 Å². The van der Waals surface area contributed by atoms with Crippen LogP contribution in [0.5, 0.6) is 0 Å². The quantitative estimate of drug-likeness (QED) is 0.761. The van der Waals surface area contributed by atoms with Crippen molar-refractivity contribution < 1.29 is 8.78 Å². The molecular formula is C16H13F2N3. The van der Waals surface area contributed by atoms with Crippen molar-refractivity contribution in [2.75, 3.05) is 5.32 Å². The zero-order valence-corrected chi connectivity index (χ0v) is 11.1. The van der Waals surface area contributed by atoms with Gasteiger partial charge in [-0.2, -0.15) is 5.10 Å². The second kappa shape index (κ2) is 5.75. The minimum absolute atomic E-state index is 0.218. The van der Waals surface area contributed by atoms with Crippen LogP contribution in [0, 0.1) is 11.6 Å². The lowest BCUT2D eigenvalue weighted by Crippen LogP contribution is -2.03. The van der Waals surface area contributed by atoms with E-state index in [1.165, 1.54) is 6.07 Å². The summed E-state index contributed by atoms with van der Waals surface area (Å²) in [5.41, 5.74) is 2.99. The Labute approximate surface area is 120 Å². The van der Waals surface area contributed by atoms with E-state index in [-0.39, 0.29) is 6.54 Å². The van der Waals surface area contributed by atoms with Gasteiger partial charge in [-0.15, -0.1) is 0 Å². The first-order valence-electron chi connectivity index (χ1n) is 6.50. The van der Waals surface area contributed by atoms with Crippen LogP contribution >= 0.6 is 0 Å². The van der Waals surface area contributed by atoms with Crippen LogP contribution in [0.25, 0.3) is 11.3 Å². The Morgan fingerprint density at radius 2 is 1.90 bits per heavy atom. The van der Waals surface area contributed by atoms with Crippen LogP contribution in [0.3, 0.4) is 0 Å². The van der Waals surface area contributed by atoms with Gasteiger partial charge in [-0.3, -0.25) is 5.10 Å². The SMILES string of the molecule is Fc1cccc(CNc2cccc(-c3ccn[nH]3)c2)c1F. The zero-order valence-electron chi connectivity index (χ0n) is 11.1. The summed E-state index contributed by atoms with van der Waals surface area (Å²) in [6, 6.07) is 13.7. The molecule has 106 valence electrons. The fraction of sp³-hybridized carbons (Fsp3) is 0.0625. The summed E-state index contributed by atoms with van der Waals surface area (Å²) in [4.78, 5) is 0. The molecule has 0 fully saturated rings. The van der Waals surface area contributed by atoms with E-state index < -0.39 is 11.6 Å². The molecule has 0 unspecified atom stereocenters. The summed E-state index contributed by atoms with van der Waals surface area (Å²) in [5.74, 6) is -1.64. The van der Waals surface area contributed by atoms with Gasteiger partial charge in [-0.05, 0) is 24.3 Å². The van der Waals surface area contributed by atoms with Crippen LogP contribution in [0.2, 0.25) is 0 Å². The van der Waals surface area contributed by atoms with Gasteiger partial charge >= 0.3 is 0 Å². The Morgan fingerprint density at radius 3 is 2.71 bits per heavy atom. The number of nitrogens with one attached hydrogen (secondary N) is 2. The summed E-state index contributed by atoms with van der Waals surface area (Å²) >= 11 is 0. The van der Waals surface area contributed by atoms with Gasteiger partial charge in [0.15, 0.2) is 11.6 Å². The first kappa shape index (κ1) is 13.3. The van der Waals surface area contributed by atoms with Crippen molar-refractivity contribution in [2.24, 2.45) is 0 Å². The molecule has 0 saturated carbocycles. The van der Waals surface area contributed by atoms with Gasteiger partial charge in [0, 0.05) is 29.6 Å². The number of nitrogens with zero attached hydrogens (tertiary/aromatic N) is 1. The van der Waals surface area contributed by atoms with E-state index >= 15 is 0 Å². The molecule has 0 radical (unpaired) electrons. The number of hydrogen-bond donors (Lipinski definition) is 2. The van der Waals surface area contributed by atoms with Gasteiger partial charge < -0.3 is 5.32 Å². The summed E-state index contributed by atoms with van der Waals surface area (Å²) in [6.07, 6.45) is 1.68. The van der Waals surface area contributed by atoms with E-state index in [2.05, 4.69) is 15.5 Å². The maximum atomic E-state index is 13.6. The standard InChI is InChI=1S/C16H13F2N3/c17-14-6-2-4-12(16(14)18)10-19-13-5-1-3-11(9-13)15-7-8-20-21-15/h1-9,19H,10H2,(H,20,21). The lowest BCUT2D eigenvalue weighted by molar-refractivity contribution is 0.500. The number of halogens is 2. The molecule has 0 bridgehead atoms. The molecule has 0 saturated heterocycles. The Hall–Kier alpha value is -2.69. The number of aromatic amines is 1. The molecule has 1 heterocycles. The van der Waals surface area contributed by atoms with Gasteiger partial charge in [0.05, 0.1) is 5.69 Å². The minimum Gasteiger partial charge on any atom is -0.381 e. The van der Waals surface area contributed by atoms with E-state index in [4.69, 9.17) is 0 Å². The summed E-state index contributed by atoms with van der Waals surface area (Å²) in [7, 11) is 0. The van der Waals surface area contributed by atoms with Crippen molar-refractivity contribution in [3.8, 4) is 11.3 Å². The summed E-state index contributed by atoms with van der Waals surface area (Å²) < 4.78 is 26.7. The monoisotopic (exact) mass is 285 g/mol. The molecule has 1 aromatic heterocycles. The Morgan fingerprint density at radius 1 is 1.05 bits per heavy atom. The highest BCUT2D eigenvalue weighted by Gasteiger charge is 2.07. The molecule has 0 atom stereocenters. The average Bonchev–Trinajstić information content (AvgIpc) is 3.03. The molecule has 0 aliphatic carbocycles. The van der Waals surface area contributed by atoms with Crippen molar-refractivity contribution in [1.82, 2.24) is 10.2 Å². The number of benzene rings is 2. The Balaban J connectivity index is 1.77. The van der Waals surface area contributed by atoms with Gasteiger partial charge in [-0.25, -0.2) is 8.78 Å². The average molecular weight is 285 g/mol. The number of hydrogen-bond acceptors (Lipinski definition) is 2. The zero-order chi connectivity index (χ0) is 14.7. The number of H-pyrrole nitrogens is 1. The lowest BCUT2D eigenvalue weighted by Gasteiger charge is -2.09. The summed E-state index contributed by atoms with van der Waals surface area (Å²) in [6.45, 7) is 0.218. The van der Waals surface area contributed by atoms with Crippen LogP contribution in [0.4, 0.5) is 14.5 Å². The number of aromatic nitrogens is 2. The van der Waals surface area contributed by atoms with Crippen molar-refractivity contribution in [1.29, 1.82) is 0 Å². The predicted molar refractivity (Wildman–Crippen MR) is 77.7 cm³/mol. The van der Waals surface area contributed by atoms with Crippen LogP contribution in [-0.4, -0.2) is 10.2 Å². The summed E-state index contributed by atoms with van der Waals surface area (Å²) in [5, 5.41) is 9.88. The first-order chi connectivity index (χ1) is 10.2. The topological polar surface area (TPSA) is 40.7 Å². The fourth-order valence-electron chi connectivity index (χ4n) is 2.10. The molecule has 21 heavy (non-hydrogen) atoms. The second-order valence-electron chi connectivity index (χ2n) is 4.62. The molecule has 0 spiro atoms. The van der Waals surface area contributed by atoms with E-state index in [9.17, 15) is 8.78 Å². The van der Waals surface area contributed by atoms with E-state index in [1.54, 1.807) is 12.3 Å². The minimum atomic E-state index is -0.833. The normalized spacial score (nSPS) is 10.6. The lowest BCUT2D eigenvalue weighted by atomic mass is 10.1. The third-order valence-corrected chi connectivity index (χ3v) is 3.19. The molecule has 3 nitrogen and oxygen atoms in total. The third kappa shape index (κ3) is 2.91.